The quantitative estimate of drug-likeness (QED) is 0.571. The van der Waals surface area contributed by atoms with E-state index in [9.17, 15) is 19.7 Å². The Labute approximate surface area is 129 Å². The molecule has 0 radical (unpaired) electrons. The third-order valence-corrected chi connectivity index (χ3v) is 4.01. The average Bonchev–Trinajstić information content (AvgIpc) is 2.96. The highest BCUT2D eigenvalue weighted by Crippen LogP contribution is 2.29. The molecule has 0 saturated heterocycles. The Morgan fingerprint density at radius 2 is 1.87 bits per heavy atom. The van der Waals surface area contributed by atoms with E-state index in [-0.39, 0.29) is 5.69 Å². The maximum Gasteiger partial charge on any atom is 0.330 e. The van der Waals surface area contributed by atoms with Crippen LogP contribution in [-0.4, -0.2) is 19.0 Å². The fraction of sp³-hybridized carbons (Fsp3) is 0.200. The zero-order valence-electron chi connectivity index (χ0n) is 12.8. The Morgan fingerprint density at radius 3 is 2.52 bits per heavy atom. The molecule has 0 aliphatic heterocycles. The van der Waals surface area contributed by atoms with Gasteiger partial charge in [0.1, 0.15) is 0 Å². The third-order valence-electron chi connectivity index (χ3n) is 4.01. The molecule has 1 N–H and O–H groups in total. The van der Waals surface area contributed by atoms with E-state index in [0.717, 1.165) is 4.57 Å². The van der Waals surface area contributed by atoms with Gasteiger partial charge in [0, 0.05) is 37.5 Å². The molecule has 118 valence electrons. The Morgan fingerprint density at radius 1 is 1.17 bits per heavy atom. The van der Waals surface area contributed by atoms with E-state index in [1.807, 2.05) is 0 Å². The number of nitrogens with zero attached hydrogens (tertiary/aromatic N) is 3. The number of nitrogens with one attached hydrogen (secondary N) is 1. The minimum atomic E-state index is -0.460. The van der Waals surface area contributed by atoms with Crippen LogP contribution >= 0.6 is 0 Å². The Kier molecular flexibility index (Phi) is 3.17. The normalized spacial score (nSPS) is 11.1. The first-order chi connectivity index (χ1) is 10.8. The first-order valence-electron chi connectivity index (χ1n) is 6.85. The van der Waals surface area contributed by atoms with Gasteiger partial charge >= 0.3 is 5.69 Å². The number of hydrogen-bond donors (Lipinski definition) is 1. The van der Waals surface area contributed by atoms with Crippen molar-refractivity contribution in [2.75, 3.05) is 0 Å². The lowest BCUT2D eigenvalue weighted by Gasteiger charge is -2.05. The zero-order chi connectivity index (χ0) is 16.9. The fourth-order valence-corrected chi connectivity index (χ4v) is 2.67. The van der Waals surface area contributed by atoms with Crippen molar-refractivity contribution in [2.45, 2.75) is 6.92 Å². The minimum absolute atomic E-state index is 0.0214. The molecule has 3 aromatic rings. The van der Waals surface area contributed by atoms with Gasteiger partial charge in [0.2, 0.25) is 0 Å². The molecule has 0 aliphatic carbocycles. The van der Waals surface area contributed by atoms with Crippen LogP contribution in [0.25, 0.3) is 22.2 Å². The average molecular weight is 314 g/mol. The summed E-state index contributed by atoms with van der Waals surface area (Å²) in [6, 6.07) is 4.76. The second kappa shape index (κ2) is 4.94. The predicted octanol–water partition coefficient (Wildman–Crippen LogP) is 1.45. The number of nitro benzene ring substituents is 1. The third kappa shape index (κ3) is 2.07. The summed E-state index contributed by atoms with van der Waals surface area (Å²) in [7, 11) is 2.97. The van der Waals surface area contributed by atoms with Crippen molar-refractivity contribution in [1.29, 1.82) is 0 Å². The van der Waals surface area contributed by atoms with Gasteiger partial charge in [0.25, 0.3) is 11.2 Å². The van der Waals surface area contributed by atoms with Crippen LogP contribution in [0.15, 0.2) is 34.0 Å². The van der Waals surface area contributed by atoms with E-state index in [4.69, 9.17) is 0 Å². The molecular formula is C15H14N4O4. The van der Waals surface area contributed by atoms with Crippen molar-refractivity contribution in [3.05, 3.63) is 60.9 Å². The van der Waals surface area contributed by atoms with Crippen LogP contribution in [0.5, 0.6) is 0 Å². The number of nitro groups is 1. The lowest BCUT2D eigenvalue weighted by Crippen LogP contribution is -2.36. The minimum Gasteiger partial charge on any atom is -0.359 e. The van der Waals surface area contributed by atoms with Gasteiger partial charge in [-0.05, 0) is 6.92 Å². The van der Waals surface area contributed by atoms with Crippen LogP contribution < -0.4 is 11.2 Å². The highest BCUT2D eigenvalue weighted by Gasteiger charge is 2.18. The van der Waals surface area contributed by atoms with Crippen molar-refractivity contribution < 1.29 is 4.92 Å². The molecule has 23 heavy (non-hydrogen) atoms. The summed E-state index contributed by atoms with van der Waals surface area (Å²) in [5, 5.41) is 11.4. The molecular weight excluding hydrogens is 300 g/mol. The summed E-state index contributed by atoms with van der Waals surface area (Å²) in [5.41, 5.74) is 1.08. The fourth-order valence-electron chi connectivity index (χ4n) is 2.67. The second-order valence-electron chi connectivity index (χ2n) is 5.39. The van der Waals surface area contributed by atoms with Crippen molar-refractivity contribution >= 4 is 16.6 Å². The van der Waals surface area contributed by atoms with Crippen molar-refractivity contribution in [3.63, 3.8) is 0 Å². The van der Waals surface area contributed by atoms with Gasteiger partial charge in [0.15, 0.2) is 0 Å². The Bertz CT molecular complexity index is 1070. The molecule has 2 heterocycles. The number of rotatable bonds is 2. The molecule has 8 nitrogen and oxygen atoms in total. The Hall–Kier alpha value is -3.16. The number of aryl methyl sites for hydroxylation is 2. The van der Waals surface area contributed by atoms with Crippen LogP contribution in [0.3, 0.4) is 0 Å². The van der Waals surface area contributed by atoms with E-state index in [1.165, 1.54) is 17.7 Å². The van der Waals surface area contributed by atoms with Gasteiger partial charge in [-0.1, -0.05) is 12.1 Å². The van der Waals surface area contributed by atoms with Crippen LogP contribution in [0, 0.1) is 17.0 Å². The Balaban J connectivity index is 2.39. The van der Waals surface area contributed by atoms with Gasteiger partial charge in [-0.25, -0.2) is 4.79 Å². The van der Waals surface area contributed by atoms with E-state index >= 15 is 0 Å². The molecule has 3 rings (SSSR count). The lowest BCUT2D eigenvalue weighted by atomic mass is 10.1. The van der Waals surface area contributed by atoms with Gasteiger partial charge in [-0.15, -0.1) is 0 Å². The SMILES string of the molecule is Cc1ccc(-c2[nH]cc3c2c(=O)n(C)c(=O)n3C)cc1[N+](=O)[O-]. The predicted molar refractivity (Wildman–Crippen MR) is 85.6 cm³/mol. The van der Waals surface area contributed by atoms with E-state index < -0.39 is 16.2 Å². The lowest BCUT2D eigenvalue weighted by molar-refractivity contribution is -0.385. The topological polar surface area (TPSA) is 103 Å². The van der Waals surface area contributed by atoms with Gasteiger partial charge in [-0.2, -0.15) is 0 Å². The van der Waals surface area contributed by atoms with E-state index in [1.54, 1.807) is 32.3 Å². The standard InChI is InChI=1S/C15H14N4O4/c1-8-4-5-9(6-10(8)19(22)23)13-12-11(7-16-13)17(2)15(21)18(3)14(12)20/h4-7,16H,1-3H3. The first-order valence-corrected chi connectivity index (χ1v) is 6.85. The molecule has 0 bridgehead atoms. The first kappa shape index (κ1) is 14.8. The van der Waals surface area contributed by atoms with Gasteiger partial charge < -0.3 is 4.98 Å². The molecule has 0 fully saturated rings. The van der Waals surface area contributed by atoms with Crippen molar-refractivity contribution in [3.8, 4) is 11.3 Å². The van der Waals surface area contributed by atoms with Crippen molar-refractivity contribution in [2.24, 2.45) is 14.1 Å². The summed E-state index contributed by atoms with van der Waals surface area (Å²) in [5.74, 6) is 0. The van der Waals surface area contributed by atoms with Gasteiger partial charge in [-0.3, -0.25) is 24.0 Å². The number of benzene rings is 1. The number of aromatic nitrogens is 3. The van der Waals surface area contributed by atoms with Crippen LogP contribution in [-0.2, 0) is 14.1 Å². The molecule has 1 aromatic carbocycles. The molecule has 0 unspecified atom stereocenters. The molecule has 0 spiro atoms. The maximum absolute atomic E-state index is 12.4. The zero-order valence-corrected chi connectivity index (χ0v) is 12.8. The number of aromatic amines is 1. The number of hydrogen-bond acceptors (Lipinski definition) is 4. The van der Waals surface area contributed by atoms with Gasteiger partial charge in [0.05, 0.1) is 21.5 Å². The van der Waals surface area contributed by atoms with Crippen molar-refractivity contribution in [1.82, 2.24) is 14.1 Å². The highest BCUT2D eigenvalue weighted by molar-refractivity contribution is 5.93. The molecule has 0 atom stereocenters. The molecule has 0 amide bonds. The highest BCUT2D eigenvalue weighted by atomic mass is 16.6. The summed E-state index contributed by atoms with van der Waals surface area (Å²) in [4.78, 5) is 38.0. The van der Waals surface area contributed by atoms with E-state index in [0.29, 0.717) is 27.7 Å². The maximum atomic E-state index is 12.4. The van der Waals surface area contributed by atoms with Crippen LogP contribution in [0.2, 0.25) is 0 Å². The summed E-state index contributed by atoms with van der Waals surface area (Å²) >= 11 is 0. The smallest absolute Gasteiger partial charge is 0.330 e. The molecule has 0 saturated carbocycles. The molecule has 0 aliphatic rings. The second-order valence-corrected chi connectivity index (χ2v) is 5.39. The van der Waals surface area contributed by atoms with Crippen LogP contribution in [0.4, 0.5) is 5.69 Å². The monoisotopic (exact) mass is 314 g/mol. The van der Waals surface area contributed by atoms with Crippen LogP contribution in [0.1, 0.15) is 5.56 Å². The number of fused-ring (bicyclic) bond motifs is 1. The summed E-state index contributed by atoms with van der Waals surface area (Å²) in [6.45, 7) is 1.65. The summed E-state index contributed by atoms with van der Waals surface area (Å²) < 4.78 is 2.38. The molecule has 2 aromatic heterocycles. The largest absolute Gasteiger partial charge is 0.359 e. The summed E-state index contributed by atoms with van der Waals surface area (Å²) in [6.07, 6.45) is 1.55. The number of H-pyrrole nitrogens is 1. The van der Waals surface area contributed by atoms with E-state index in [2.05, 4.69) is 4.98 Å². The molecule has 8 heteroatoms.